The van der Waals surface area contributed by atoms with Gasteiger partial charge in [0.25, 0.3) is 0 Å². The zero-order valence-electron chi connectivity index (χ0n) is 17.7. The lowest BCUT2D eigenvalue weighted by Crippen LogP contribution is -2.20. The van der Waals surface area contributed by atoms with E-state index in [0.717, 1.165) is 18.4 Å². The average molecular weight is 415 g/mol. The Balaban J connectivity index is 1.89. The highest BCUT2D eigenvalue weighted by molar-refractivity contribution is 7.91. The van der Waals surface area contributed by atoms with Gasteiger partial charge in [-0.25, -0.2) is 12.8 Å². The summed E-state index contributed by atoms with van der Waals surface area (Å²) < 4.78 is 50.3. The van der Waals surface area contributed by atoms with Crippen LogP contribution in [0.4, 0.5) is 4.39 Å². The van der Waals surface area contributed by atoms with Crippen molar-refractivity contribution in [3.05, 3.63) is 29.6 Å². The average Bonchev–Trinajstić information content (AvgIpc) is 3.42. The predicted molar refractivity (Wildman–Crippen MR) is 111 cm³/mol. The standard InChI is InChI=1S/C22H35FO4S/c1-5-18(15-28(24,25)12-6-11-26-16-22(2,3)4)19-9-10-20(23)21(13-19)27-14-17-7-8-17/h9-10,13,17-18H,5-8,11-12,14-16H2,1-4H3/t18-/m0/s1. The first-order chi connectivity index (χ1) is 13.1. The number of halogens is 1. The van der Waals surface area contributed by atoms with Gasteiger partial charge in [0, 0.05) is 6.61 Å². The number of hydrogen-bond donors (Lipinski definition) is 0. The van der Waals surface area contributed by atoms with Crippen LogP contribution in [0.25, 0.3) is 0 Å². The summed E-state index contributed by atoms with van der Waals surface area (Å²) >= 11 is 0. The molecule has 0 spiro atoms. The molecular weight excluding hydrogens is 379 g/mol. The van der Waals surface area contributed by atoms with E-state index < -0.39 is 15.7 Å². The van der Waals surface area contributed by atoms with Gasteiger partial charge < -0.3 is 9.47 Å². The molecule has 28 heavy (non-hydrogen) atoms. The topological polar surface area (TPSA) is 52.6 Å². The molecule has 0 radical (unpaired) electrons. The van der Waals surface area contributed by atoms with Crippen LogP contribution in [0.15, 0.2) is 18.2 Å². The Kier molecular flexibility index (Phi) is 8.31. The molecule has 1 saturated carbocycles. The summed E-state index contributed by atoms with van der Waals surface area (Å²) in [6, 6.07) is 4.73. The summed E-state index contributed by atoms with van der Waals surface area (Å²) in [5.74, 6) is 0.389. The molecule has 0 amide bonds. The molecule has 0 N–H and O–H groups in total. The van der Waals surface area contributed by atoms with Crippen LogP contribution >= 0.6 is 0 Å². The summed E-state index contributed by atoms with van der Waals surface area (Å²) in [6.07, 6.45) is 3.44. The fraction of sp³-hybridized carbons (Fsp3) is 0.727. The van der Waals surface area contributed by atoms with Crippen molar-refractivity contribution < 1.29 is 22.3 Å². The summed E-state index contributed by atoms with van der Waals surface area (Å²) in [6.45, 7) is 9.81. The Bertz CT molecular complexity index is 721. The third-order valence-electron chi connectivity index (χ3n) is 4.83. The maximum absolute atomic E-state index is 14.0. The van der Waals surface area contributed by atoms with Crippen LogP contribution in [0.2, 0.25) is 0 Å². The van der Waals surface area contributed by atoms with Gasteiger partial charge in [0.1, 0.15) is 0 Å². The third kappa shape index (κ3) is 8.48. The Labute approximate surface area is 169 Å². The fourth-order valence-corrected chi connectivity index (χ4v) is 4.74. The van der Waals surface area contributed by atoms with Gasteiger partial charge in [-0.05, 0) is 60.6 Å². The molecule has 0 unspecified atom stereocenters. The van der Waals surface area contributed by atoms with Gasteiger partial charge in [-0.3, -0.25) is 0 Å². The molecule has 1 aromatic carbocycles. The number of sulfone groups is 1. The van der Waals surface area contributed by atoms with Gasteiger partial charge in [-0.2, -0.15) is 0 Å². The summed E-state index contributed by atoms with van der Waals surface area (Å²) in [4.78, 5) is 0. The van der Waals surface area contributed by atoms with Crippen LogP contribution in [0, 0.1) is 17.2 Å². The van der Waals surface area contributed by atoms with Crippen molar-refractivity contribution in [1.82, 2.24) is 0 Å². The molecule has 1 fully saturated rings. The molecule has 4 nitrogen and oxygen atoms in total. The highest BCUT2D eigenvalue weighted by Crippen LogP contribution is 2.32. The second-order valence-electron chi connectivity index (χ2n) is 9.13. The lowest BCUT2D eigenvalue weighted by atomic mass is 9.98. The van der Waals surface area contributed by atoms with Crippen LogP contribution in [0.5, 0.6) is 5.75 Å². The molecule has 1 aliphatic carbocycles. The van der Waals surface area contributed by atoms with Gasteiger partial charge in [0.15, 0.2) is 21.4 Å². The molecule has 1 aromatic rings. The normalized spacial score (nSPS) is 16.2. The monoisotopic (exact) mass is 414 g/mol. The highest BCUT2D eigenvalue weighted by Gasteiger charge is 2.24. The first-order valence-electron chi connectivity index (χ1n) is 10.3. The number of hydrogen-bond acceptors (Lipinski definition) is 4. The van der Waals surface area contributed by atoms with Gasteiger partial charge in [0.05, 0.1) is 24.7 Å². The first-order valence-corrected chi connectivity index (χ1v) is 12.1. The molecule has 0 aliphatic heterocycles. The number of rotatable bonds is 12. The van der Waals surface area contributed by atoms with E-state index in [9.17, 15) is 12.8 Å². The Hall–Kier alpha value is -1.14. The second kappa shape index (κ2) is 10.1. The minimum absolute atomic E-state index is 0.0659. The SMILES string of the molecule is CC[C@@H](CS(=O)(=O)CCCOCC(C)(C)C)c1ccc(F)c(OCC2CC2)c1. The largest absolute Gasteiger partial charge is 0.490 e. The van der Waals surface area contributed by atoms with Gasteiger partial charge in [-0.1, -0.05) is 33.8 Å². The predicted octanol–water partition coefficient (Wildman–Crippen LogP) is 4.98. The van der Waals surface area contributed by atoms with Gasteiger partial charge >= 0.3 is 0 Å². The zero-order chi connectivity index (χ0) is 20.8. The van der Waals surface area contributed by atoms with Crippen molar-refractivity contribution in [2.45, 2.75) is 59.3 Å². The maximum atomic E-state index is 14.0. The van der Waals surface area contributed by atoms with Crippen molar-refractivity contribution in [3.8, 4) is 5.75 Å². The minimum atomic E-state index is -3.21. The summed E-state index contributed by atoms with van der Waals surface area (Å²) in [5, 5.41) is 0. The molecule has 1 aliphatic rings. The lowest BCUT2D eigenvalue weighted by Gasteiger charge is -2.19. The van der Waals surface area contributed by atoms with E-state index in [1.165, 1.54) is 6.07 Å². The smallest absolute Gasteiger partial charge is 0.165 e. The quantitative estimate of drug-likeness (QED) is 0.453. The fourth-order valence-electron chi connectivity index (χ4n) is 2.98. The van der Waals surface area contributed by atoms with Crippen molar-refractivity contribution in [2.24, 2.45) is 11.3 Å². The first kappa shape index (κ1) is 23.1. The Morgan fingerprint density at radius 1 is 1.25 bits per heavy atom. The Morgan fingerprint density at radius 3 is 2.57 bits per heavy atom. The van der Waals surface area contributed by atoms with E-state index in [4.69, 9.17) is 9.47 Å². The summed E-state index contributed by atoms with van der Waals surface area (Å²) in [5.41, 5.74) is 0.899. The zero-order valence-corrected chi connectivity index (χ0v) is 18.5. The second-order valence-corrected chi connectivity index (χ2v) is 11.4. The number of ether oxygens (including phenoxy) is 2. The van der Waals surface area contributed by atoms with Crippen LogP contribution in [-0.4, -0.2) is 39.7 Å². The lowest BCUT2D eigenvalue weighted by molar-refractivity contribution is 0.0720. The highest BCUT2D eigenvalue weighted by atomic mass is 32.2. The van der Waals surface area contributed by atoms with Gasteiger partial charge in [-0.15, -0.1) is 0 Å². The van der Waals surface area contributed by atoms with E-state index in [1.54, 1.807) is 12.1 Å². The molecule has 0 heterocycles. The molecule has 6 heteroatoms. The van der Waals surface area contributed by atoms with E-state index in [0.29, 0.717) is 38.6 Å². The molecule has 1 atom stereocenters. The van der Waals surface area contributed by atoms with Gasteiger partial charge in [0.2, 0.25) is 0 Å². The summed E-state index contributed by atoms with van der Waals surface area (Å²) in [7, 11) is -3.21. The van der Waals surface area contributed by atoms with Crippen LogP contribution < -0.4 is 4.74 Å². The van der Waals surface area contributed by atoms with E-state index in [-0.39, 0.29) is 28.6 Å². The number of benzene rings is 1. The molecule has 160 valence electrons. The maximum Gasteiger partial charge on any atom is 0.165 e. The van der Waals surface area contributed by atoms with Crippen molar-refractivity contribution in [1.29, 1.82) is 0 Å². The molecule has 0 aromatic heterocycles. The van der Waals surface area contributed by atoms with Crippen molar-refractivity contribution in [3.63, 3.8) is 0 Å². The third-order valence-corrected chi connectivity index (χ3v) is 6.65. The molecule has 0 bridgehead atoms. The van der Waals surface area contributed by atoms with Crippen molar-refractivity contribution in [2.75, 3.05) is 31.3 Å². The van der Waals surface area contributed by atoms with Crippen LogP contribution in [0.3, 0.4) is 0 Å². The molecule has 0 saturated heterocycles. The van der Waals surface area contributed by atoms with Crippen LogP contribution in [0.1, 0.15) is 64.9 Å². The van der Waals surface area contributed by atoms with E-state index >= 15 is 0 Å². The minimum Gasteiger partial charge on any atom is -0.490 e. The molecular formula is C22H35FO4S. The Morgan fingerprint density at radius 2 is 1.96 bits per heavy atom. The van der Waals surface area contributed by atoms with Crippen molar-refractivity contribution >= 4 is 9.84 Å². The van der Waals surface area contributed by atoms with Crippen LogP contribution in [-0.2, 0) is 14.6 Å². The molecule has 2 rings (SSSR count). The van der Waals surface area contributed by atoms with E-state index in [1.807, 2.05) is 6.92 Å². The van der Waals surface area contributed by atoms with E-state index in [2.05, 4.69) is 20.8 Å².